The molecule has 0 spiro atoms. The molecule has 0 saturated carbocycles. The second-order valence-corrected chi connectivity index (χ2v) is 5.34. The largest absolute Gasteiger partial charge is 0.488 e. The van der Waals surface area contributed by atoms with E-state index in [0.717, 1.165) is 12.8 Å². The van der Waals surface area contributed by atoms with E-state index in [1.54, 1.807) is 12.1 Å². The Morgan fingerprint density at radius 1 is 1.29 bits per heavy atom. The van der Waals surface area contributed by atoms with Crippen LogP contribution < -0.4 is 4.74 Å². The Labute approximate surface area is 117 Å². The first-order valence-electron chi connectivity index (χ1n) is 5.38. The summed E-state index contributed by atoms with van der Waals surface area (Å²) in [5, 5.41) is 8.92. The molecule has 0 radical (unpaired) electrons. The average molecular weight is 366 g/mol. The highest BCUT2D eigenvalue weighted by molar-refractivity contribution is 9.11. The van der Waals surface area contributed by atoms with Gasteiger partial charge in [-0.2, -0.15) is 0 Å². The third-order valence-electron chi connectivity index (χ3n) is 2.44. The molecule has 0 aliphatic carbocycles. The molecule has 0 aliphatic rings. The second-order valence-electron chi connectivity index (χ2n) is 3.63. The van der Waals surface area contributed by atoms with E-state index in [4.69, 9.17) is 9.84 Å². The van der Waals surface area contributed by atoms with Crippen LogP contribution in [0.1, 0.15) is 37.0 Å². The highest BCUT2D eigenvalue weighted by Gasteiger charge is 2.15. The van der Waals surface area contributed by atoms with Crippen LogP contribution in [-0.2, 0) is 0 Å². The van der Waals surface area contributed by atoms with Crippen LogP contribution in [0.5, 0.6) is 5.75 Å². The summed E-state index contributed by atoms with van der Waals surface area (Å²) >= 11 is 6.67. The maximum Gasteiger partial charge on any atom is 0.335 e. The van der Waals surface area contributed by atoms with Crippen molar-refractivity contribution in [2.45, 2.75) is 32.8 Å². The van der Waals surface area contributed by atoms with Gasteiger partial charge in [0.2, 0.25) is 0 Å². The van der Waals surface area contributed by atoms with Crippen LogP contribution >= 0.6 is 31.9 Å². The molecule has 0 aromatic heterocycles. The van der Waals surface area contributed by atoms with Crippen LogP contribution in [0.25, 0.3) is 0 Å². The Hall–Kier alpha value is -0.550. The lowest BCUT2D eigenvalue weighted by atomic mass is 10.2. The van der Waals surface area contributed by atoms with E-state index in [2.05, 4.69) is 45.7 Å². The molecule has 0 atom stereocenters. The van der Waals surface area contributed by atoms with Crippen molar-refractivity contribution in [2.75, 3.05) is 0 Å². The predicted molar refractivity (Wildman–Crippen MR) is 73.8 cm³/mol. The number of carboxylic acids is 1. The molecule has 1 aromatic carbocycles. The lowest BCUT2D eigenvalue weighted by Crippen LogP contribution is -2.14. The molecular formula is C12H14Br2O3. The molecule has 1 N–H and O–H groups in total. The molecule has 0 saturated heterocycles. The van der Waals surface area contributed by atoms with E-state index in [9.17, 15) is 4.79 Å². The SMILES string of the molecule is CCC(CC)Oc1c(Br)cc(C(=O)O)cc1Br. The zero-order valence-electron chi connectivity index (χ0n) is 9.67. The summed E-state index contributed by atoms with van der Waals surface area (Å²) in [6.45, 7) is 4.11. The molecule has 1 aromatic rings. The molecular weight excluding hydrogens is 352 g/mol. The van der Waals surface area contributed by atoms with Gasteiger partial charge in [-0.05, 0) is 56.8 Å². The zero-order valence-corrected chi connectivity index (χ0v) is 12.8. The number of halogens is 2. The summed E-state index contributed by atoms with van der Waals surface area (Å²) in [5.74, 6) is -0.302. The normalized spacial score (nSPS) is 10.6. The minimum Gasteiger partial charge on any atom is -0.488 e. The van der Waals surface area contributed by atoms with E-state index in [1.165, 1.54) is 0 Å². The lowest BCUT2D eigenvalue weighted by Gasteiger charge is -2.18. The van der Waals surface area contributed by atoms with E-state index in [-0.39, 0.29) is 11.7 Å². The van der Waals surface area contributed by atoms with Gasteiger partial charge in [-0.15, -0.1) is 0 Å². The van der Waals surface area contributed by atoms with Crippen molar-refractivity contribution >= 4 is 37.8 Å². The molecule has 0 bridgehead atoms. The molecule has 5 heteroatoms. The summed E-state index contributed by atoms with van der Waals surface area (Å²) in [7, 11) is 0. The van der Waals surface area contributed by atoms with Crippen LogP contribution in [0.3, 0.4) is 0 Å². The van der Waals surface area contributed by atoms with Crippen molar-refractivity contribution in [3.05, 3.63) is 26.6 Å². The predicted octanol–water partition coefficient (Wildman–Crippen LogP) is 4.48. The van der Waals surface area contributed by atoms with E-state index in [1.807, 2.05) is 0 Å². The summed E-state index contributed by atoms with van der Waals surface area (Å²) < 4.78 is 7.12. The molecule has 17 heavy (non-hydrogen) atoms. The van der Waals surface area contributed by atoms with Gasteiger partial charge in [-0.25, -0.2) is 4.79 Å². The molecule has 0 fully saturated rings. The Morgan fingerprint density at radius 3 is 2.12 bits per heavy atom. The number of hydrogen-bond acceptors (Lipinski definition) is 2. The monoisotopic (exact) mass is 364 g/mol. The first-order chi connectivity index (χ1) is 7.99. The first-order valence-corrected chi connectivity index (χ1v) is 6.97. The Kier molecular flexibility index (Phi) is 5.46. The molecule has 94 valence electrons. The van der Waals surface area contributed by atoms with Crippen LogP contribution in [0, 0.1) is 0 Å². The molecule has 3 nitrogen and oxygen atoms in total. The lowest BCUT2D eigenvalue weighted by molar-refractivity contribution is 0.0696. The maximum atomic E-state index is 10.9. The number of carboxylic acid groups (broad SMARTS) is 1. The number of aromatic carboxylic acids is 1. The van der Waals surface area contributed by atoms with Crippen LogP contribution in [0.4, 0.5) is 0 Å². The number of ether oxygens (including phenoxy) is 1. The van der Waals surface area contributed by atoms with Gasteiger partial charge in [-0.3, -0.25) is 0 Å². The van der Waals surface area contributed by atoms with Gasteiger partial charge in [0.25, 0.3) is 0 Å². The Bertz CT molecular complexity index is 391. The van der Waals surface area contributed by atoms with Crippen LogP contribution in [-0.4, -0.2) is 17.2 Å². The highest BCUT2D eigenvalue weighted by Crippen LogP contribution is 2.36. The number of carbonyl (C=O) groups is 1. The van der Waals surface area contributed by atoms with Crippen LogP contribution in [0.2, 0.25) is 0 Å². The van der Waals surface area contributed by atoms with Crippen molar-refractivity contribution < 1.29 is 14.6 Å². The number of rotatable bonds is 5. The van der Waals surface area contributed by atoms with Gasteiger partial charge in [0.15, 0.2) is 0 Å². The first kappa shape index (κ1) is 14.5. The van der Waals surface area contributed by atoms with Crippen molar-refractivity contribution in [1.29, 1.82) is 0 Å². The molecule has 0 heterocycles. The standard InChI is InChI=1S/C12H14Br2O3/c1-3-8(4-2)17-11-9(13)5-7(12(15)16)6-10(11)14/h5-6,8H,3-4H2,1-2H3,(H,15,16). The van der Waals surface area contributed by atoms with E-state index < -0.39 is 5.97 Å². The summed E-state index contributed by atoms with van der Waals surface area (Å²) in [6, 6.07) is 3.09. The number of hydrogen-bond donors (Lipinski definition) is 1. The minimum atomic E-state index is -0.958. The molecule has 0 aliphatic heterocycles. The smallest absolute Gasteiger partial charge is 0.335 e. The van der Waals surface area contributed by atoms with E-state index >= 15 is 0 Å². The van der Waals surface area contributed by atoms with Gasteiger partial charge < -0.3 is 9.84 Å². The van der Waals surface area contributed by atoms with Gasteiger partial charge >= 0.3 is 5.97 Å². The van der Waals surface area contributed by atoms with Crippen LogP contribution in [0.15, 0.2) is 21.1 Å². The van der Waals surface area contributed by atoms with Gasteiger partial charge in [-0.1, -0.05) is 13.8 Å². The molecule has 1 rings (SSSR count). The Morgan fingerprint density at radius 2 is 1.76 bits per heavy atom. The number of benzene rings is 1. The van der Waals surface area contributed by atoms with Crippen molar-refractivity contribution in [3.8, 4) is 5.75 Å². The maximum absolute atomic E-state index is 10.9. The minimum absolute atomic E-state index is 0.137. The van der Waals surface area contributed by atoms with Crippen molar-refractivity contribution in [2.24, 2.45) is 0 Å². The van der Waals surface area contributed by atoms with Gasteiger partial charge in [0, 0.05) is 0 Å². The third kappa shape index (κ3) is 3.71. The molecule has 0 amide bonds. The van der Waals surface area contributed by atoms with Gasteiger partial charge in [0.05, 0.1) is 20.6 Å². The summed E-state index contributed by atoms with van der Waals surface area (Å²) in [6.07, 6.45) is 1.96. The third-order valence-corrected chi connectivity index (χ3v) is 3.62. The fraction of sp³-hybridized carbons (Fsp3) is 0.417. The summed E-state index contributed by atoms with van der Waals surface area (Å²) in [5.41, 5.74) is 0.223. The molecule has 0 unspecified atom stereocenters. The quantitative estimate of drug-likeness (QED) is 0.836. The fourth-order valence-electron chi connectivity index (χ4n) is 1.42. The zero-order chi connectivity index (χ0) is 13.0. The van der Waals surface area contributed by atoms with Crippen molar-refractivity contribution in [1.82, 2.24) is 0 Å². The van der Waals surface area contributed by atoms with Gasteiger partial charge in [0.1, 0.15) is 5.75 Å². The second kappa shape index (κ2) is 6.40. The fourth-order valence-corrected chi connectivity index (χ4v) is 2.79. The highest BCUT2D eigenvalue weighted by atomic mass is 79.9. The van der Waals surface area contributed by atoms with Crippen molar-refractivity contribution in [3.63, 3.8) is 0 Å². The average Bonchev–Trinajstić information content (AvgIpc) is 2.28. The summed E-state index contributed by atoms with van der Waals surface area (Å²) in [4.78, 5) is 10.9. The van der Waals surface area contributed by atoms with E-state index in [0.29, 0.717) is 14.7 Å². The Balaban J connectivity index is 3.05. The topological polar surface area (TPSA) is 46.5 Å².